The first-order valence-electron chi connectivity index (χ1n) is 10.3. The largest absolute Gasteiger partial charge is 0.511 e. The Morgan fingerprint density at radius 1 is 0.794 bits per heavy atom. The van der Waals surface area contributed by atoms with Gasteiger partial charge >= 0.3 is 15.5 Å². The van der Waals surface area contributed by atoms with E-state index < -0.39 is 27.6 Å². The molecule has 3 aromatic rings. The van der Waals surface area contributed by atoms with Crippen molar-refractivity contribution in [2.75, 3.05) is 0 Å². The Bertz CT molecular complexity index is 1130. The molecule has 0 aliphatic heterocycles. The van der Waals surface area contributed by atoms with E-state index >= 15 is 0 Å². The van der Waals surface area contributed by atoms with Gasteiger partial charge in [0.1, 0.15) is 0 Å². The van der Waals surface area contributed by atoms with Crippen LogP contribution in [0.25, 0.3) is 0 Å². The van der Waals surface area contributed by atoms with Crippen molar-refractivity contribution in [2.45, 2.75) is 45.3 Å². The molecule has 0 aliphatic carbocycles. The molecule has 0 bridgehead atoms. The maximum atomic E-state index is 12.7. The van der Waals surface area contributed by atoms with Crippen LogP contribution < -0.4 is 10.5 Å². The van der Waals surface area contributed by atoms with E-state index in [1.165, 1.54) is 34.4 Å². The van der Waals surface area contributed by atoms with Crippen LogP contribution in [0.15, 0.2) is 72.8 Å². The fraction of sp³-hybridized carbons (Fsp3) is 0.280. The Morgan fingerprint density at radius 3 is 1.62 bits per heavy atom. The molecule has 186 valence electrons. The van der Waals surface area contributed by atoms with E-state index in [0.29, 0.717) is 11.1 Å². The Kier molecular flexibility index (Phi) is 11.1. The third-order valence-electron chi connectivity index (χ3n) is 5.36. The van der Waals surface area contributed by atoms with Gasteiger partial charge in [-0.25, -0.2) is 8.42 Å². The van der Waals surface area contributed by atoms with Crippen LogP contribution in [0.5, 0.6) is 0 Å². The molecule has 0 spiro atoms. The molecule has 0 heterocycles. The normalized spacial score (nSPS) is 13.2. The zero-order valence-corrected chi connectivity index (χ0v) is 21.9. The maximum absolute atomic E-state index is 12.7. The van der Waals surface area contributed by atoms with E-state index in [0.717, 1.165) is 0 Å². The van der Waals surface area contributed by atoms with Crippen molar-refractivity contribution in [3.05, 3.63) is 106 Å². The van der Waals surface area contributed by atoms with E-state index in [9.17, 15) is 21.6 Å². The third-order valence-corrected chi connectivity index (χ3v) is 6.53. The van der Waals surface area contributed by atoms with Crippen molar-refractivity contribution in [3.63, 3.8) is 0 Å². The van der Waals surface area contributed by atoms with Crippen LogP contribution in [0.1, 0.15) is 45.5 Å². The minimum absolute atomic E-state index is 0. The predicted molar refractivity (Wildman–Crippen MR) is 126 cm³/mol. The number of alkyl halides is 3. The summed E-state index contributed by atoms with van der Waals surface area (Å²) < 4.78 is 62.7. The average molecular weight is 580 g/mol. The first kappa shape index (κ1) is 30.0. The molecule has 2 atom stereocenters. The van der Waals surface area contributed by atoms with Crippen molar-refractivity contribution in [1.29, 1.82) is 0 Å². The van der Waals surface area contributed by atoms with E-state index in [1.54, 1.807) is 53.3 Å². The van der Waals surface area contributed by atoms with Gasteiger partial charge in [0, 0.05) is 19.5 Å². The molecule has 0 aromatic heterocycles. The minimum atomic E-state index is -5.53. The topological polar surface area (TPSA) is 72.2 Å². The summed E-state index contributed by atoms with van der Waals surface area (Å²) >= 11 is 0. The minimum Gasteiger partial charge on any atom is -0.322 e. The number of nitrogens with one attached hydrogen (secondary N) is 1. The summed E-state index contributed by atoms with van der Waals surface area (Å²) in [4.78, 5) is 0. The Balaban J connectivity index is 0.000000442. The summed E-state index contributed by atoms with van der Waals surface area (Å²) in [6.07, 6.45) is 0. The van der Waals surface area contributed by atoms with E-state index in [4.69, 9.17) is 5.73 Å². The number of nitrogens with two attached hydrogens (primary N) is 1. The molecule has 9 heteroatoms. The van der Waals surface area contributed by atoms with Crippen LogP contribution in [0.2, 0.25) is 0 Å². The Hall–Kier alpha value is -2.06. The van der Waals surface area contributed by atoms with Crippen LogP contribution in [0, 0.1) is 27.7 Å². The molecule has 0 aliphatic rings. The quantitative estimate of drug-likeness (QED) is 0.376. The fourth-order valence-corrected chi connectivity index (χ4v) is 4.11. The van der Waals surface area contributed by atoms with Crippen molar-refractivity contribution in [2.24, 2.45) is 5.73 Å². The van der Waals surface area contributed by atoms with Gasteiger partial charge in [-0.1, -0.05) is 78.4 Å². The van der Waals surface area contributed by atoms with Crippen LogP contribution in [-0.2, 0) is 29.5 Å². The first-order chi connectivity index (χ1) is 15.3. The SMILES string of the molecule is Cc1cc(C)c(C)c(C)c1.N[C@@H](c1ccccc1)[C@@H](NS(=O)(=O)C(F)(F)F)c1ccccc1.[Ru]. The van der Waals surface area contributed by atoms with Gasteiger partial charge in [0.2, 0.25) is 0 Å². The average Bonchev–Trinajstić information content (AvgIpc) is 2.76. The second-order valence-corrected chi connectivity index (χ2v) is 9.62. The fourth-order valence-electron chi connectivity index (χ4n) is 3.36. The van der Waals surface area contributed by atoms with E-state index in [2.05, 4.69) is 39.8 Å². The molecule has 0 radical (unpaired) electrons. The Morgan fingerprint density at radius 2 is 1.21 bits per heavy atom. The predicted octanol–water partition coefficient (Wildman–Crippen LogP) is 5.78. The third kappa shape index (κ3) is 8.01. The zero-order chi connectivity index (χ0) is 24.8. The molecule has 0 saturated heterocycles. The van der Waals surface area contributed by atoms with Crippen LogP contribution >= 0.6 is 0 Å². The van der Waals surface area contributed by atoms with Gasteiger partial charge in [0.15, 0.2) is 0 Å². The number of hydrogen-bond acceptors (Lipinski definition) is 3. The molecule has 34 heavy (non-hydrogen) atoms. The summed E-state index contributed by atoms with van der Waals surface area (Å²) in [5, 5.41) is 0. The molecular formula is C25H29F3N2O2RuS. The van der Waals surface area contributed by atoms with Gasteiger partial charge in [0.25, 0.3) is 0 Å². The molecule has 0 saturated carbocycles. The Labute approximate surface area is 212 Å². The van der Waals surface area contributed by atoms with Crippen LogP contribution in [0.3, 0.4) is 0 Å². The van der Waals surface area contributed by atoms with Gasteiger partial charge in [-0.05, 0) is 55.5 Å². The van der Waals surface area contributed by atoms with Crippen LogP contribution in [0.4, 0.5) is 13.2 Å². The number of halogens is 3. The smallest absolute Gasteiger partial charge is 0.322 e. The zero-order valence-electron chi connectivity index (χ0n) is 19.4. The standard InChI is InChI=1S/C15H15F3N2O2S.C10H14.Ru/c16-15(17,18)23(21,22)20-14(12-9-5-2-6-10-12)13(19)11-7-3-1-4-8-11;1-7-5-8(2)10(4)9(3)6-7;/h1-10,13-14,20H,19H2;5-6H,1-4H3;/t13-,14-;;/m0../s1. The number of hydrogen-bond donors (Lipinski definition) is 2. The van der Waals surface area contributed by atoms with Crippen LogP contribution in [-0.4, -0.2) is 13.9 Å². The molecule has 3 N–H and O–H groups in total. The van der Waals surface area contributed by atoms with Crippen molar-refractivity contribution < 1.29 is 41.1 Å². The second-order valence-electron chi connectivity index (χ2n) is 7.92. The van der Waals surface area contributed by atoms with E-state index in [1.807, 2.05) is 0 Å². The summed E-state index contributed by atoms with van der Waals surface area (Å²) in [6.45, 7) is 8.63. The molecule has 0 fully saturated rings. The second kappa shape index (κ2) is 12.6. The number of rotatable bonds is 5. The summed E-state index contributed by atoms with van der Waals surface area (Å²) in [5.41, 5.74) is 7.07. The van der Waals surface area contributed by atoms with Gasteiger partial charge in [-0.3, -0.25) is 0 Å². The molecule has 3 aromatic carbocycles. The molecule has 0 unspecified atom stereocenters. The van der Waals surface area contributed by atoms with Gasteiger partial charge < -0.3 is 5.73 Å². The van der Waals surface area contributed by atoms with Crippen molar-refractivity contribution in [3.8, 4) is 0 Å². The summed E-state index contributed by atoms with van der Waals surface area (Å²) in [6, 6.07) is 18.5. The summed E-state index contributed by atoms with van der Waals surface area (Å²) in [5.74, 6) is 0. The maximum Gasteiger partial charge on any atom is 0.511 e. The summed E-state index contributed by atoms with van der Waals surface area (Å²) in [7, 11) is -5.53. The first-order valence-corrected chi connectivity index (χ1v) is 11.8. The number of aryl methyl sites for hydroxylation is 3. The molecule has 4 nitrogen and oxygen atoms in total. The molecular weight excluding hydrogens is 550 g/mol. The van der Waals surface area contributed by atoms with Gasteiger partial charge in [0.05, 0.1) is 12.1 Å². The van der Waals surface area contributed by atoms with Crippen molar-refractivity contribution >= 4 is 10.0 Å². The van der Waals surface area contributed by atoms with Crippen molar-refractivity contribution in [1.82, 2.24) is 4.72 Å². The van der Waals surface area contributed by atoms with Gasteiger partial charge in [-0.2, -0.15) is 17.9 Å². The van der Waals surface area contributed by atoms with Gasteiger partial charge in [-0.15, -0.1) is 0 Å². The number of benzene rings is 3. The molecule has 0 amide bonds. The molecule has 3 rings (SSSR count). The van der Waals surface area contributed by atoms with E-state index in [-0.39, 0.29) is 19.5 Å². The monoisotopic (exact) mass is 580 g/mol. The number of sulfonamides is 1.